The Balaban J connectivity index is 2.07. The first-order chi connectivity index (χ1) is 7.68. The van der Waals surface area contributed by atoms with Gasteiger partial charge >= 0.3 is 0 Å². The molecule has 0 aliphatic carbocycles. The van der Waals surface area contributed by atoms with E-state index in [-0.39, 0.29) is 0 Å². The SMILES string of the molecule is CC(C)OCCCCNc1ccnc(Cl)c1. The van der Waals surface area contributed by atoms with Crippen LogP contribution in [0.25, 0.3) is 0 Å². The van der Waals surface area contributed by atoms with Crippen molar-refractivity contribution in [3.63, 3.8) is 0 Å². The summed E-state index contributed by atoms with van der Waals surface area (Å²) in [6.45, 7) is 5.87. The molecule has 90 valence electrons. The van der Waals surface area contributed by atoms with Crippen LogP contribution in [0, 0.1) is 0 Å². The average molecular weight is 243 g/mol. The highest BCUT2D eigenvalue weighted by Crippen LogP contribution is 2.11. The molecule has 1 aromatic heterocycles. The van der Waals surface area contributed by atoms with Crippen molar-refractivity contribution in [3.05, 3.63) is 23.5 Å². The number of nitrogens with zero attached hydrogens (tertiary/aromatic N) is 1. The number of ether oxygens (including phenoxy) is 1. The van der Waals surface area contributed by atoms with E-state index in [0.717, 1.165) is 31.7 Å². The quantitative estimate of drug-likeness (QED) is 0.588. The molecule has 1 rings (SSSR count). The third kappa shape index (κ3) is 5.93. The summed E-state index contributed by atoms with van der Waals surface area (Å²) in [5.74, 6) is 0. The molecular formula is C12H19ClN2O. The van der Waals surface area contributed by atoms with Crippen molar-refractivity contribution in [1.82, 2.24) is 4.98 Å². The number of rotatable bonds is 7. The van der Waals surface area contributed by atoms with Crippen molar-refractivity contribution in [2.24, 2.45) is 0 Å². The van der Waals surface area contributed by atoms with E-state index < -0.39 is 0 Å². The summed E-state index contributed by atoms with van der Waals surface area (Å²) in [6, 6.07) is 3.74. The Bertz CT molecular complexity index is 305. The third-order valence-corrected chi connectivity index (χ3v) is 2.28. The van der Waals surface area contributed by atoms with Gasteiger partial charge in [0.05, 0.1) is 6.10 Å². The van der Waals surface area contributed by atoms with Gasteiger partial charge in [0.2, 0.25) is 0 Å². The van der Waals surface area contributed by atoms with Gasteiger partial charge in [-0.2, -0.15) is 0 Å². The molecule has 0 aliphatic rings. The minimum Gasteiger partial charge on any atom is -0.385 e. The minimum atomic E-state index is 0.326. The lowest BCUT2D eigenvalue weighted by Crippen LogP contribution is -2.07. The van der Waals surface area contributed by atoms with Crippen LogP contribution in [-0.4, -0.2) is 24.2 Å². The molecule has 0 amide bonds. The van der Waals surface area contributed by atoms with Gasteiger partial charge in [-0.1, -0.05) is 11.6 Å². The normalized spacial score (nSPS) is 10.8. The predicted molar refractivity (Wildman–Crippen MR) is 68.1 cm³/mol. The minimum absolute atomic E-state index is 0.326. The van der Waals surface area contributed by atoms with E-state index in [9.17, 15) is 0 Å². The Morgan fingerprint density at radius 1 is 1.44 bits per heavy atom. The van der Waals surface area contributed by atoms with Crippen molar-refractivity contribution in [2.75, 3.05) is 18.5 Å². The first-order valence-electron chi connectivity index (χ1n) is 5.65. The molecular weight excluding hydrogens is 224 g/mol. The Kier molecular flexibility index (Phi) is 6.19. The summed E-state index contributed by atoms with van der Waals surface area (Å²) < 4.78 is 5.45. The summed E-state index contributed by atoms with van der Waals surface area (Å²) in [5.41, 5.74) is 1.02. The van der Waals surface area contributed by atoms with E-state index in [1.165, 1.54) is 0 Å². The van der Waals surface area contributed by atoms with Crippen LogP contribution in [-0.2, 0) is 4.74 Å². The Morgan fingerprint density at radius 2 is 2.25 bits per heavy atom. The first-order valence-corrected chi connectivity index (χ1v) is 6.03. The highest BCUT2D eigenvalue weighted by atomic mass is 35.5. The fourth-order valence-corrected chi connectivity index (χ4v) is 1.47. The average Bonchev–Trinajstić information content (AvgIpc) is 2.23. The Labute approximate surface area is 102 Å². The summed E-state index contributed by atoms with van der Waals surface area (Å²) in [4.78, 5) is 3.92. The van der Waals surface area contributed by atoms with Gasteiger partial charge in [-0.25, -0.2) is 4.98 Å². The molecule has 0 radical (unpaired) electrons. The fraction of sp³-hybridized carbons (Fsp3) is 0.583. The zero-order chi connectivity index (χ0) is 11.8. The molecule has 16 heavy (non-hydrogen) atoms. The lowest BCUT2D eigenvalue weighted by atomic mass is 10.3. The Morgan fingerprint density at radius 3 is 2.94 bits per heavy atom. The van der Waals surface area contributed by atoms with Gasteiger partial charge in [-0.3, -0.25) is 0 Å². The van der Waals surface area contributed by atoms with Gasteiger partial charge in [0.25, 0.3) is 0 Å². The van der Waals surface area contributed by atoms with E-state index in [0.29, 0.717) is 11.3 Å². The molecule has 0 saturated heterocycles. The fourth-order valence-electron chi connectivity index (χ4n) is 1.29. The molecule has 0 saturated carbocycles. The number of aromatic nitrogens is 1. The van der Waals surface area contributed by atoms with E-state index in [4.69, 9.17) is 16.3 Å². The number of hydrogen-bond donors (Lipinski definition) is 1. The molecule has 0 atom stereocenters. The maximum Gasteiger partial charge on any atom is 0.131 e. The molecule has 0 aromatic carbocycles. The monoisotopic (exact) mass is 242 g/mol. The van der Waals surface area contributed by atoms with Gasteiger partial charge in [-0.15, -0.1) is 0 Å². The van der Waals surface area contributed by atoms with Gasteiger partial charge in [0, 0.05) is 25.0 Å². The summed E-state index contributed by atoms with van der Waals surface area (Å²) in [7, 11) is 0. The molecule has 1 aromatic rings. The molecule has 1 N–H and O–H groups in total. The largest absolute Gasteiger partial charge is 0.385 e. The highest BCUT2D eigenvalue weighted by molar-refractivity contribution is 6.29. The van der Waals surface area contributed by atoms with Crippen molar-refractivity contribution in [3.8, 4) is 0 Å². The van der Waals surface area contributed by atoms with Gasteiger partial charge in [0.1, 0.15) is 5.15 Å². The van der Waals surface area contributed by atoms with Crippen molar-refractivity contribution in [1.29, 1.82) is 0 Å². The summed E-state index contributed by atoms with van der Waals surface area (Å²) in [5, 5.41) is 3.82. The topological polar surface area (TPSA) is 34.1 Å². The standard InChI is InChI=1S/C12H19ClN2O/c1-10(2)16-8-4-3-6-14-11-5-7-15-12(13)9-11/h5,7,9-10H,3-4,6,8H2,1-2H3,(H,14,15). The van der Waals surface area contributed by atoms with Crippen molar-refractivity contribution >= 4 is 17.3 Å². The van der Waals surface area contributed by atoms with E-state index in [1.807, 2.05) is 12.1 Å². The zero-order valence-electron chi connectivity index (χ0n) is 9.87. The van der Waals surface area contributed by atoms with Crippen LogP contribution < -0.4 is 5.32 Å². The molecule has 0 unspecified atom stereocenters. The molecule has 4 heteroatoms. The molecule has 1 heterocycles. The number of anilines is 1. The van der Waals surface area contributed by atoms with E-state index >= 15 is 0 Å². The van der Waals surface area contributed by atoms with Crippen LogP contribution in [0.3, 0.4) is 0 Å². The van der Waals surface area contributed by atoms with Crippen LogP contribution in [0.4, 0.5) is 5.69 Å². The van der Waals surface area contributed by atoms with Crippen LogP contribution in [0.2, 0.25) is 5.15 Å². The van der Waals surface area contributed by atoms with Crippen molar-refractivity contribution in [2.45, 2.75) is 32.8 Å². The summed E-state index contributed by atoms with van der Waals surface area (Å²) in [6.07, 6.45) is 4.19. The second kappa shape index (κ2) is 7.47. The highest BCUT2D eigenvalue weighted by Gasteiger charge is 1.95. The third-order valence-electron chi connectivity index (χ3n) is 2.08. The molecule has 0 bridgehead atoms. The van der Waals surface area contributed by atoms with Crippen LogP contribution >= 0.6 is 11.6 Å². The lowest BCUT2D eigenvalue weighted by Gasteiger charge is -2.08. The molecule has 0 fully saturated rings. The Hall–Kier alpha value is -0.800. The van der Waals surface area contributed by atoms with E-state index in [2.05, 4.69) is 24.1 Å². The second-order valence-corrected chi connectivity index (χ2v) is 4.31. The van der Waals surface area contributed by atoms with Gasteiger partial charge < -0.3 is 10.1 Å². The molecule has 0 aliphatic heterocycles. The number of halogens is 1. The molecule has 3 nitrogen and oxygen atoms in total. The smallest absolute Gasteiger partial charge is 0.131 e. The number of nitrogens with one attached hydrogen (secondary N) is 1. The maximum absolute atomic E-state index is 5.77. The predicted octanol–water partition coefficient (Wildman–Crippen LogP) is 3.35. The maximum atomic E-state index is 5.77. The number of pyridine rings is 1. The van der Waals surface area contributed by atoms with Gasteiger partial charge in [0.15, 0.2) is 0 Å². The van der Waals surface area contributed by atoms with Crippen LogP contribution in [0.5, 0.6) is 0 Å². The van der Waals surface area contributed by atoms with Crippen LogP contribution in [0.1, 0.15) is 26.7 Å². The zero-order valence-corrected chi connectivity index (χ0v) is 10.6. The number of unbranched alkanes of at least 4 members (excludes halogenated alkanes) is 1. The van der Waals surface area contributed by atoms with Crippen LogP contribution in [0.15, 0.2) is 18.3 Å². The summed E-state index contributed by atoms with van der Waals surface area (Å²) >= 11 is 5.77. The first kappa shape index (κ1) is 13.3. The second-order valence-electron chi connectivity index (χ2n) is 3.92. The lowest BCUT2D eigenvalue weighted by molar-refractivity contribution is 0.0765. The van der Waals surface area contributed by atoms with E-state index in [1.54, 1.807) is 6.20 Å². The number of hydrogen-bond acceptors (Lipinski definition) is 3. The molecule has 0 spiro atoms. The van der Waals surface area contributed by atoms with Gasteiger partial charge in [-0.05, 0) is 38.8 Å². The van der Waals surface area contributed by atoms with Crippen molar-refractivity contribution < 1.29 is 4.74 Å².